The molecule has 0 aliphatic rings. The van der Waals surface area contributed by atoms with Crippen LogP contribution < -0.4 is 9.61 Å². The van der Waals surface area contributed by atoms with Crippen LogP contribution in [0.1, 0.15) is 20.8 Å². The first-order chi connectivity index (χ1) is 9.09. The summed E-state index contributed by atoms with van der Waals surface area (Å²) in [4.78, 5) is 11.0. The summed E-state index contributed by atoms with van der Waals surface area (Å²) in [6.45, 7) is 5.60. The number of carbonyl (C=O) groups excluding carboxylic acids is 1. The molecule has 0 spiro atoms. The zero-order chi connectivity index (χ0) is 14.7. The molecule has 0 heterocycles. The predicted molar refractivity (Wildman–Crippen MR) is 76.6 cm³/mol. The Labute approximate surface area is 114 Å². The third-order valence-corrected chi connectivity index (χ3v) is 4.08. The molecule has 0 aliphatic heterocycles. The molecule has 1 aromatic rings. The van der Waals surface area contributed by atoms with E-state index in [-0.39, 0.29) is 6.54 Å². The van der Waals surface area contributed by atoms with Crippen molar-refractivity contribution in [3.63, 3.8) is 0 Å². The summed E-state index contributed by atoms with van der Waals surface area (Å²) < 4.78 is 22.1. The summed E-state index contributed by atoms with van der Waals surface area (Å²) in [5.41, 5.74) is 0. The van der Waals surface area contributed by atoms with Gasteiger partial charge in [-0.05, 0) is 12.1 Å². The van der Waals surface area contributed by atoms with Gasteiger partial charge in [0.25, 0.3) is 0 Å². The Bertz CT molecular complexity index is 408. The van der Waals surface area contributed by atoms with Crippen molar-refractivity contribution in [3.05, 3.63) is 30.3 Å². The van der Waals surface area contributed by atoms with Gasteiger partial charge in [0, 0.05) is 6.16 Å². The molecule has 0 aliphatic carbocycles. The van der Waals surface area contributed by atoms with Gasteiger partial charge in [-0.3, -0.25) is 9.36 Å². The van der Waals surface area contributed by atoms with E-state index in [1.807, 2.05) is 19.9 Å². The van der Waals surface area contributed by atoms with E-state index in [1.54, 1.807) is 31.2 Å². The first-order valence-electron chi connectivity index (χ1n) is 6.25. The second-order valence-electron chi connectivity index (χ2n) is 3.31. The van der Waals surface area contributed by atoms with Gasteiger partial charge in [-0.15, -0.1) is 0 Å². The smallest absolute Gasteiger partial charge is 0.320 e. The molecule has 0 saturated carbocycles. The van der Waals surface area contributed by atoms with Gasteiger partial charge in [-0.2, -0.15) is 0 Å². The van der Waals surface area contributed by atoms with Crippen molar-refractivity contribution in [2.24, 2.45) is 0 Å². The van der Waals surface area contributed by atoms with E-state index in [1.165, 1.54) is 7.11 Å². The highest BCUT2D eigenvalue weighted by atomic mass is 31.2. The number of nitrogens with one attached hydrogen (secondary N) is 1. The van der Waals surface area contributed by atoms with Crippen molar-refractivity contribution in [1.82, 2.24) is 5.09 Å². The third-order valence-electron chi connectivity index (χ3n) is 2.10. The average molecular weight is 287 g/mol. The van der Waals surface area contributed by atoms with Crippen LogP contribution in [-0.2, 0) is 14.1 Å². The van der Waals surface area contributed by atoms with Gasteiger partial charge in [0.2, 0.25) is 0 Å². The van der Waals surface area contributed by atoms with Crippen molar-refractivity contribution in [3.8, 4) is 5.75 Å². The average Bonchev–Trinajstić information content (AvgIpc) is 2.48. The van der Waals surface area contributed by atoms with Gasteiger partial charge in [0.05, 0.1) is 7.11 Å². The Morgan fingerprint density at radius 1 is 1.26 bits per heavy atom. The number of methoxy groups -OCH3 is 1. The Morgan fingerprint density at radius 3 is 2.32 bits per heavy atom. The van der Waals surface area contributed by atoms with E-state index in [0.29, 0.717) is 11.9 Å². The lowest BCUT2D eigenvalue weighted by molar-refractivity contribution is -0.139. The van der Waals surface area contributed by atoms with Crippen LogP contribution in [0, 0.1) is 0 Å². The molecule has 0 fully saturated rings. The maximum atomic E-state index is 12.2. The fourth-order valence-electron chi connectivity index (χ4n) is 1.12. The summed E-state index contributed by atoms with van der Waals surface area (Å²) in [7, 11) is -1.76. The molecule has 108 valence electrons. The van der Waals surface area contributed by atoms with Crippen molar-refractivity contribution in [2.45, 2.75) is 20.8 Å². The van der Waals surface area contributed by atoms with Crippen LogP contribution in [0.4, 0.5) is 0 Å². The molecule has 0 saturated heterocycles. The Morgan fingerprint density at radius 2 is 1.84 bits per heavy atom. The minimum Gasteiger partial charge on any atom is -0.468 e. The molecule has 1 aromatic carbocycles. The topological polar surface area (TPSA) is 64.6 Å². The molecule has 0 radical (unpaired) electrons. The first-order valence-corrected chi connectivity index (χ1v) is 8.06. The van der Waals surface area contributed by atoms with Gasteiger partial charge >= 0.3 is 13.5 Å². The number of esters is 1. The first kappa shape index (κ1) is 17.7. The molecule has 0 bridgehead atoms. The predicted octanol–water partition coefficient (Wildman–Crippen LogP) is 3.07. The zero-order valence-electron chi connectivity index (χ0n) is 11.9. The highest BCUT2D eigenvalue weighted by molar-refractivity contribution is 7.57. The lowest BCUT2D eigenvalue weighted by Gasteiger charge is -2.18. The molecule has 1 unspecified atom stereocenters. The molecule has 0 amide bonds. The number of carbonyl (C=O) groups is 1. The standard InChI is InChI=1S/C11H16NO4P.C2H6/c1-3-17(14,12-9-11(13)15-2)16-10-7-5-4-6-8-10;1-2/h4-8H,3,9H2,1-2H3,(H,12,14);1-2H3. The zero-order valence-corrected chi connectivity index (χ0v) is 12.8. The van der Waals surface area contributed by atoms with E-state index < -0.39 is 13.5 Å². The van der Waals surface area contributed by atoms with Crippen LogP contribution in [0.5, 0.6) is 5.75 Å². The minimum absolute atomic E-state index is 0.131. The lowest BCUT2D eigenvalue weighted by atomic mass is 10.3. The quantitative estimate of drug-likeness (QED) is 0.643. The molecule has 6 heteroatoms. The van der Waals surface area contributed by atoms with Gasteiger partial charge < -0.3 is 9.26 Å². The van der Waals surface area contributed by atoms with Crippen molar-refractivity contribution in [1.29, 1.82) is 0 Å². The molecular weight excluding hydrogens is 265 g/mol. The Hall–Kier alpha value is -1.32. The number of benzene rings is 1. The van der Waals surface area contributed by atoms with Crippen molar-refractivity contribution in [2.75, 3.05) is 19.8 Å². The van der Waals surface area contributed by atoms with Crippen LogP contribution >= 0.6 is 7.52 Å². The SMILES string of the molecule is CC.CCP(=O)(NCC(=O)OC)Oc1ccccc1. The van der Waals surface area contributed by atoms with Crippen molar-refractivity contribution < 1.29 is 18.6 Å². The summed E-state index contributed by atoms with van der Waals surface area (Å²) in [5.74, 6) is 0.0328. The van der Waals surface area contributed by atoms with Crippen LogP contribution in [0.3, 0.4) is 0 Å². The highest BCUT2D eigenvalue weighted by Crippen LogP contribution is 2.41. The summed E-state index contributed by atoms with van der Waals surface area (Å²) in [6, 6.07) is 8.83. The van der Waals surface area contributed by atoms with E-state index in [4.69, 9.17) is 4.52 Å². The normalized spacial score (nSPS) is 12.6. The maximum Gasteiger partial charge on any atom is 0.320 e. The maximum absolute atomic E-state index is 12.2. The van der Waals surface area contributed by atoms with E-state index >= 15 is 0 Å². The molecular formula is C13H22NO4P. The monoisotopic (exact) mass is 287 g/mol. The number of para-hydroxylation sites is 1. The van der Waals surface area contributed by atoms with E-state index in [9.17, 15) is 9.36 Å². The summed E-state index contributed by atoms with van der Waals surface area (Å²) in [6.07, 6.45) is 0.291. The molecule has 0 aromatic heterocycles. The Kier molecular flexibility index (Phi) is 8.92. The minimum atomic E-state index is -3.04. The van der Waals surface area contributed by atoms with Gasteiger partial charge in [-0.25, -0.2) is 5.09 Å². The Balaban J connectivity index is 0.00000154. The van der Waals surface area contributed by atoms with Gasteiger partial charge in [0.1, 0.15) is 12.3 Å². The van der Waals surface area contributed by atoms with Crippen LogP contribution in [0.15, 0.2) is 30.3 Å². The second kappa shape index (κ2) is 9.59. The molecule has 1 atom stereocenters. The van der Waals surface area contributed by atoms with Gasteiger partial charge in [-0.1, -0.05) is 39.0 Å². The fraction of sp³-hybridized carbons (Fsp3) is 0.462. The highest BCUT2D eigenvalue weighted by Gasteiger charge is 2.22. The van der Waals surface area contributed by atoms with E-state index in [2.05, 4.69) is 9.82 Å². The van der Waals surface area contributed by atoms with Crippen LogP contribution in [0.25, 0.3) is 0 Å². The largest absolute Gasteiger partial charge is 0.468 e. The van der Waals surface area contributed by atoms with Gasteiger partial charge in [0.15, 0.2) is 0 Å². The fourth-order valence-corrected chi connectivity index (χ4v) is 2.37. The summed E-state index contributed by atoms with van der Waals surface area (Å²) in [5, 5.41) is 2.60. The van der Waals surface area contributed by atoms with Crippen molar-refractivity contribution >= 4 is 13.5 Å². The molecule has 5 nitrogen and oxygen atoms in total. The van der Waals surface area contributed by atoms with E-state index in [0.717, 1.165) is 0 Å². The molecule has 1 rings (SSSR count). The third kappa shape index (κ3) is 6.99. The number of ether oxygens (including phenoxy) is 1. The number of hydrogen-bond acceptors (Lipinski definition) is 4. The number of rotatable bonds is 6. The summed E-state index contributed by atoms with van der Waals surface area (Å²) >= 11 is 0. The molecule has 1 N–H and O–H groups in total. The number of hydrogen-bond donors (Lipinski definition) is 1. The van der Waals surface area contributed by atoms with Crippen LogP contribution in [0.2, 0.25) is 0 Å². The lowest BCUT2D eigenvalue weighted by Crippen LogP contribution is -2.24. The molecule has 19 heavy (non-hydrogen) atoms. The van der Waals surface area contributed by atoms with Crippen LogP contribution in [-0.4, -0.2) is 25.8 Å². The second-order valence-corrected chi connectivity index (χ2v) is 5.78.